The molecule has 1 aromatic carbocycles. The van der Waals surface area contributed by atoms with E-state index in [1.54, 1.807) is 12.1 Å². The predicted octanol–water partition coefficient (Wildman–Crippen LogP) is 5.70. The van der Waals surface area contributed by atoms with Crippen LogP contribution in [0.4, 0.5) is 5.69 Å². The number of aromatic carboxylic acids is 1. The summed E-state index contributed by atoms with van der Waals surface area (Å²) in [5, 5.41) is 11.1. The van der Waals surface area contributed by atoms with Crippen LogP contribution in [0.15, 0.2) is 24.3 Å². The van der Waals surface area contributed by atoms with Crippen molar-refractivity contribution in [3.05, 3.63) is 29.8 Å². The molecule has 0 heterocycles. The van der Waals surface area contributed by atoms with Crippen molar-refractivity contribution in [1.29, 1.82) is 0 Å². The number of carbonyl (C=O) groups is 1. The Morgan fingerprint density at radius 2 is 0.886 bits per heavy atom. The van der Waals surface area contributed by atoms with Gasteiger partial charge in [-0.05, 0) is 30.5 Å². The third-order valence-electron chi connectivity index (χ3n) is 7.03. The molecule has 0 amide bonds. The zero-order chi connectivity index (χ0) is 24.7. The molecule has 1 rings (SSSR count). The summed E-state index contributed by atoms with van der Waals surface area (Å²) in [6.07, 6.45) is 27.0. The predicted molar refractivity (Wildman–Crippen MR) is 147 cm³/mol. The molecule has 0 aliphatic heterocycles. The average Bonchev–Trinajstić information content (AvgIpc) is 2.85. The minimum Gasteiger partial charge on any atom is -0.545 e. The van der Waals surface area contributed by atoms with E-state index in [0.29, 0.717) is 0 Å². The number of nitrogens with zero attached hydrogens (tertiary/aromatic N) is 1. The largest absolute Gasteiger partial charge is 1.00 e. The van der Waals surface area contributed by atoms with E-state index in [4.69, 9.17) is 0 Å². The number of anilines is 1. The van der Waals surface area contributed by atoms with E-state index in [9.17, 15) is 9.90 Å². The summed E-state index contributed by atoms with van der Waals surface area (Å²) < 4.78 is 0. The van der Waals surface area contributed by atoms with Gasteiger partial charge in [0.25, 0.3) is 0 Å². The van der Waals surface area contributed by atoms with Crippen LogP contribution in [-0.4, -0.2) is 19.1 Å². The molecular weight excluding hydrogens is 441 g/mol. The number of carboxylic acid groups (broad SMARTS) is 1. The van der Waals surface area contributed by atoms with Crippen LogP contribution in [0.5, 0.6) is 0 Å². The van der Waals surface area contributed by atoms with Crippen molar-refractivity contribution in [1.82, 2.24) is 0 Å². The molecule has 0 atom stereocenters. The summed E-state index contributed by atoms with van der Waals surface area (Å²) in [7, 11) is 0. The third-order valence-corrected chi connectivity index (χ3v) is 7.03. The summed E-state index contributed by atoms with van der Waals surface area (Å²) in [6, 6.07) is 7.29. The van der Waals surface area contributed by atoms with E-state index in [-0.39, 0.29) is 35.1 Å². The molecule has 0 saturated heterocycles. The molecule has 0 aliphatic rings. The topological polar surface area (TPSA) is 43.4 Å². The third kappa shape index (κ3) is 19.3. The van der Waals surface area contributed by atoms with Crippen LogP contribution in [-0.2, 0) is 0 Å². The van der Waals surface area contributed by atoms with Crippen molar-refractivity contribution in [2.24, 2.45) is 0 Å². The Bertz CT molecular complexity index is 566. The second-order valence-corrected chi connectivity index (χ2v) is 10.2. The number of carboxylic acids is 1. The molecule has 0 spiro atoms. The zero-order valence-corrected chi connectivity index (χ0v) is 25.6. The van der Waals surface area contributed by atoms with Gasteiger partial charge in [0, 0.05) is 18.8 Å². The fourth-order valence-electron chi connectivity index (χ4n) is 4.76. The molecule has 35 heavy (non-hydrogen) atoms. The average molecular weight is 496 g/mol. The number of unbranched alkanes of at least 4 members (excludes halogenated alkanes) is 18. The Balaban J connectivity index is 0.0000116. The molecule has 0 aliphatic carbocycles. The van der Waals surface area contributed by atoms with Gasteiger partial charge in [-0.3, -0.25) is 0 Å². The summed E-state index contributed by atoms with van der Waals surface area (Å²) in [6.45, 7) is 6.69. The number of benzene rings is 1. The van der Waals surface area contributed by atoms with Gasteiger partial charge >= 0.3 is 29.6 Å². The van der Waals surface area contributed by atoms with Crippen molar-refractivity contribution in [3.63, 3.8) is 0 Å². The minimum absolute atomic E-state index is 0. The second-order valence-electron chi connectivity index (χ2n) is 10.2. The zero-order valence-electron chi connectivity index (χ0n) is 23.6. The first-order valence-corrected chi connectivity index (χ1v) is 14.7. The summed E-state index contributed by atoms with van der Waals surface area (Å²) >= 11 is 0. The maximum Gasteiger partial charge on any atom is 1.00 e. The summed E-state index contributed by atoms with van der Waals surface area (Å²) in [4.78, 5) is 13.6. The van der Waals surface area contributed by atoms with E-state index in [1.165, 1.54) is 128 Å². The minimum atomic E-state index is -1.09. The number of hydrogen-bond donors (Lipinski definition) is 0. The molecule has 0 bridgehead atoms. The Hall–Kier alpha value is -0.510. The van der Waals surface area contributed by atoms with Crippen LogP contribution in [0, 0.1) is 0 Å². The Morgan fingerprint density at radius 3 is 1.20 bits per heavy atom. The van der Waals surface area contributed by atoms with E-state index in [2.05, 4.69) is 18.7 Å². The number of rotatable bonds is 24. The van der Waals surface area contributed by atoms with Crippen molar-refractivity contribution in [2.45, 2.75) is 142 Å². The quantitative estimate of drug-likeness (QED) is 0.136. The van der Waals surface area contributed by atoms with Gasteiger partial charge in [-0.2, -0.15) is 0 Å². The van der Waals surface area contributed by atoms with Gasteiger partial charge in [-0.15, -0.1) is 0 Å². The van der Waals surface area contributed by atoms with Crippen molar-refractivity contribution in [3.8, 4) is 0 Å². The van der Waals surface area contributed by atoms with E-state index < -0.39 is 5.97 Å². The monoisotopic (exact) mass is 495 g/mol. The van der Waals surface area contributed by atoms with E-state index in [0.717, 1.165) is 18.8 Å². The Labute approximate surface area is 240 Å². The fraction of sp³-hybridized carbons (Fsp3) is 0.774. The number of carbonyl (C=O) groups excluding carboxylic acids is 1. The van der Waals surface area contributed by atoms with Crippen LogP contribution in [0.25, 0.3) is 0 Å². The molecule has 1 aromatic rings. The van der Waals surface area contributed by atoms with Crippen LogP contribution < -0.4 is 39.6 Å². The standard InChI is InChI=1S/C31H55NO2.Na/c1-3-5-7-9-11-13-15-17-19-21-27-32(30-25-23-29(24-26-30)31(33)34)28-22-20-18-16-14-12-10-8-6-4-2;/h23-26H,3-22,27-28H2,1-2H3,(H,33,34);/q;+1/p-1. The Morgan fingerprint density at radius 1 is 0.571 bits per heavy atom. The molecule has 0 fully saturated rings. The van der Waals surface area contributed by atoms with Gasteiger partial charge in [0.2, 0.25) is 0 Å². The molecular formula is C31H54NNaO2. The molecule has 0 aromatic heterocycles. The Kier molecular flexibility index (Phi) is 24.8. The first-order chi connectivity index (χ1) is 16.7. The van der Waals surface area contributed by atoms with Gasteiger partial charge in [-0.25, -0.2) is 0 Å². The first-order valence-electron chi connectivity index (χ1n) is 14.7. The first kappa shape index (κ1) is 34.5. The van der Waals surface area contributed by atoms with Gasteiger partial charge in [0.15, 0.2) is 0 Å². The van der Waals surface area contributed by atoms with Crippen LogP contribution in [0.2, 0.25) is 0 Å². The maximum absolute atomic E-state index is 11.1. The van der Waals surface area contributed by atoms with Crippen molar-refractivity contribution >= 4 is 11.7 Å². The smallest absolute Gasteiger partial charge is 0.545 e. The van der Waals surface area contributed by atoms with Gasteiger partial charge in [0.05, 0.1) is 5.97 Å². The van der Waals surface area contributed by atoms with E-state index >= 15 is 0 Å². The van der Waals surface area contributed by atoms with E-state index in [1.807, 2.05) is 12.1 Å². The van der Waals surface area contributed by atoms with Crippen LogP contribution >= 0.6 is 0 Å². The summed E-state index contributed by atoms with van der Waals surface area (Å²) in [5.74, 6) is -1.09. The molecule has 0 saturated carbocycles. The molecule has 0 radical (unpaired) electrons. The second kappa shape index (κ2) is 25.2. The van der Waals surface area contributed by atoms with Crippen LogP contribution in [0.1, 0.15) is 153 Å². The summed E-state index contributed by atoms with van der Waals surface area (Å²) in [5.41, 5.74) is 1.42. The van der Waals surface area contributed by atoms with Gasteiger partial charge < -0.3 is 14.8 Å². The molecule has 0 unspecified atom stereocenters. The van der Waals surface area contributed by atoms with Gasteiger partial charge in [-0.1, -0.05) is 142 Å². The van der Waals surface area contributed by atoms with Crippen molar-refractivity contribution in [2.75, 3.05) is 18.0 Å². The fourth-order valence-corrected chi connectivity index (χ4v) is 4.76. The molecule has 196 valence electrons. The SMILES string of the molecule is CCCCCCCCCCCCN(CCCCCCCCCCCC)c1ccc(C(=O)[O-])cc1.[Na+]. The number of hydrogen-bond acceptors (Lipinski definition) is 3. The van der Waals surface area contributed by atoms with Gasteiger partial charge in [0.1, 0.15) is 0 Å². The van der Waals surface area contributed by atoms with Crippen molar-refractivity contribution < 1.29 is 39.5 Å². The molecule has 4 heteroatoms. The maximum atomic E-state index is 11.1. The van der Waals surface area contributed by atoms with Crippen LogP contribution in [0.3, 0.4) is 0 Å². The molecule has 3 nitrogen and oxygen atoms in total. The molecule has 0 N–H and O–H groups in total. The normalized spacial score (nSPS) is 10.8.